The maximum atomic E-state index is 12.8. The highest BCUT2D eigenvalue weighted by atomic mass is 16.2. The summed E-state index contributed by atoms with van der Waals surface area (Å²) in [7, 11) is 0. The smallest absolute Gasteiger partial charge is 0.241 e. The molecular formula is C18H26N2O. The average molecular weight is 286 g/mol. The van der Waals surface area contributed by atoms with Gasteiger partial charge >= 0.3 is 0 Å². The summed E-state index contributed by atoms with van der Waals surface area (Å²) in [5.41, 5.74) is 1.23. The van der Waals surface area contributed by atoms with Gasteiger partial charge in [0, 0.05) is 6.04 Å². The molecule has 3 rings (SSSR count). The average Bonchev–Trinajstić information content (AvgIpc) is 2.93. The first-order chi connectivity index (χ1) is 10.1. The van der Waals surface area contributed by atoms with E-state index in [0.717, 1.165) is 18.8 Å². The van der Waals surface area contributed by atoms with Gasteiger partial charge < -0.3 is 4.90 Å². The van der Waals surface area contributed by atoms with Crippen LogP contribution in [0.1, 0.15) is 39.2 Å². The van der Waals surface area contributed by atoms with Crippen molar-refractivity contribution in [3.63, 3.8) is 0 Å². The Morgan fingerprint density at radius 2 is 1.86 bits per heavy atom. The lowest BCUT2D eigenvalue weighted by Gasteiger charge is -2.32. The lowest BCUT2D eigenvalue weighted by atomic mass is 9.96. The number of nitrogens with one attached hydrogen (secondary N) is 1. The molecule has 0 spiro atoms. The van der Waals surface area contributed by atoms with Gasteiger partial charge in [0.05, 0.1) is 12.2 Å². The van der Waals surface area contributed by atoms with E-state index < -0.39 is 0 Å². The van der Waals surface area contributed by atoms with Crippen LogP contribution in [0.5, 0.6) is 0 Å². The van der Waals surface area contributed by atoms with Crippen molar-refractivity contribution in [1.29, 1.82) is 0 Å². The zero-order valence-corrected chi connectivity index (χ0v) is 13.3. The maximum Gasteiger partial charge on any atom is 0.241 e. The Morgan fingerprint density at radius 3 is 2.48 bits per heavy atom. The number of amides is 1. The lowest BCUT2D eigenvalue weighted by molar-refractivity contribution is -0.132. The van der Waals surface area contributed by atoms with Gasteiger partial charge in [-0.2, -0.15) is 0 Å². The summed E-state index contributed by atoms with van der Waals surface area (Å²) in [6.45, 7) is 6.73. The fraction of sp³-hybridized carbons (Fsp3) is 0.611. The van der Waals surface area contributed by atoms with Gasteiger partial charge in [-0.1, -0.05) is 44.2 Å². The number of carbonyl (C=O) groups excluding carboxylic acids is 1. The molecule has 1 aliphatic carbocycles. The van der Waals surface area contributed by atoms with Crippen LogP contribution in [0, 0.1) is 11.8 Å². The topological polar surface area (TPSA) is 32.3 Å². The molecule has 0 bridgehead atoms. The zero-order chi connectivity index (χ0) is 15.0. The van der Waals surface area contributed by atoms with Crippen molar-refractivity contribution in [2.45, 2.75) is 58.3 Å². The van der Waals surface area contributed by atoms with Gasteiger partial charge in [0.15, 0.2) is 0 Å². The number of benzene rings is 1. The SMILES string of the molecule is CC1CCC(N2C(=O)C(Cc3ccccc3)NC2C)C1C. The van der Waals surface area contributed by atoms with Gasteiger partial charge in [0.25, 0.3) is 0 Å². The first kappa shape index (κ1) is 14.6. The highest BCUT2D eigenvalue weighted by molar-refractivity contribution is 5.85. The predicted molar refractivity (Wildman–Crippen MR) is 84.7 cm³/mol. The summed E-state index contributed by atoms with van der Waals surface area (Å²) in [6, 6.07) is 10.6. The van der Waals surface area contributed by atoms with Crippen LogP contribution in [0.3, 0.4) is 0 Å². The minimum absolute atomic E-state index is 0.0643. The van der Waals surface area contributed by atoms with Crippen molar-refractivity contribution in [2.75, 3.05) is 0 Å². The van der Waals surface area contributed by atoms with E-state index in [-0.39, 0.29) is 18.1 Å². The Balaban J connectivity index is 1.72. The van der Waals surface area contributed by atoms with Crippen molar-refractivity contribution in [3.8, 4) is 0 Å². The van der Waals surface area contributed by atoms with Crippen molar-refractivity contribution < 1.29 is 4.79 Å². The molecule has 2 fully saturated rings. The second kappa shape index (κ2) is 5.80. The number of nitrogens with zero attached hydrogens (tertiary/aromatic N) is 1. The molecule has 3 heteroatoms. The molecule has 1 saturated carbocycles. The molecule has 2 aliphatic rings. The fourth-order valence-corrected chi connectivity index (χ4v) is 3.99. The Kier molecular flexibility index (Phi) is 4.03. The van der Waals surface area contributed by atoms with E-state index in [2.05, 4.69) is 43.1 Å². The zero-order valence-electron chi connectivity index (χ0n) is 13.3. The molecule has 1 aromatic rings. The molecule has 1 aromatic carbocycles. The predicted octanol–water partition coefficient (Wildman–Crippen LogP) is 2.81. The van der Waals surface area contributed by atoms with Crippen molar-refractivity contribution in [2.24, 2.45) is 11.8 Å². The third-order valence-corrected chi connectivity index (χ3v) is 5.47. The molecule has 1 amide bonds. The Labute approximate surface area is 127 Å². The third kappa shape index (κ3) is 2.71. The molecule has 0 aromatic heterocycles. The van der Waals surface area contributed by atoms with Crippen LogP contribution in [0.2, 0.25) is 0 Å². The second-order valence-electron chi connectivity index (χ2n) is 6.81. The van der Waals surface area contributed by atoms with Crippen LogP contribution in [-0.2, 0) is 11.2 Å². The quantitative estimate of drug-likeness (QED) is 0.926. The lowest BCUT2D eigenvalue weighted by Crippen LogP contribution is -2.44. The molecule has 1 aliphatic heterocycles. The molecule has 0 radical (unpaired) electrons. The standard InChI is InChI=1S/C18H26N2O/c1-12-9-10-17(13(12)2)20-14(3)19-16(18(20)21)11-15-7-5-4-6-8-15/h4-8,12-14,16-17,19H,9-11H2,1-3H3. The molecule has 1 N–H and O–H groups in total. The molecule has 5 atom stereocenters. The van der Waals surface area contributed by atoms with Gasteiger partial charge in [0.1, 0.15) is 0 Å². The minimum atomic E-state index is -0.0643. The van der Waals surface area contributed by atoms with Crippen LogP contribution in [0.15, 0.2) is 30.3 Å². The van der Waals surface area contributed by atoms with Gasteiger partial charge in [-0.3, -0.25) is 10.1 Å². The van der Waals surface area contributed by atoms with Gasteiger partial charge in [-0.15, -0.1) is 0 Å². The van der Waals surface area contributed by atoms with Crippen LogP contribution in [-0.4, -0.2) is 29.1 Å². The minimum Gasteiger partial charge on any atom is -0.323 e. The summed E-state index contributed by atoms with van der Waals surface area (Å²) in [5, 5.41) is 3.49. The van der Waals surface area contributed by atoms with E-state index in [0.29, 0.717) is 12.0 Å². The molecule has 114 valence electrons. The van der Waals surface area contributed by atoms with Crippen molar-refractivity contribution >= 4 is 5.91 Å². The van der Waals surface area contributed by atoms with E-state index in [1.165, 1.54) is 12.0 Å². The van der Waals surface area contributed by atoms with Crippen LogP contribution >= 0.6 is 0 Å². The number of hydrogen-bond donors (Lipinski definition) is 1. The molecule has 1 saturated heterocycles. The summed E-state index contributed by atoms with van der Waals surface area (Å²) >= 11 is 0. The summed E-state index contributed by atoms with van der Waals surface area (Å²) in [6.07, 6.45) is 3.34. The molecule has 1 heterocycles. The highest BCUT2D eigenvalue weighted by Gasteiger charge is 2.44. The highest BCUT2D eigenvalue weighted by Crippen LogP contribution is 2.37. The van der Waals surface area contributed by atoms with E-state index >= 15 is 0 Å². The molecule has 21 heavy (non-hydrogen) atoms. The van der Waals surface area contributed by atoms with Crippen molar-refractivity contribution in [3.05, 3.63) is 35.9 Å². The summed E-state index contributed by atoms with van der Waals surface area (Å²) in [4.78, 5) is 14.9. The monoisotopic (exact) mass is 286 g/mol. The Morgan fingerprint density at radius 1 is 1.14 bits per heavy atom. The Bertz CT molecular complexity index is 501. The van der Waals surface area contributed by atoms with E-state index in [4.69, 9.17) is 0 Å². The van der Waals surface area contributed by atoms with E-state index in [9.17, 15) is 4.79 Å². The first-order valence-corrected chi connectivity index (χ1v) is 8.20. The van der Waals surface area contributed by atoms with E-state index in [1.807, 2.05) is 18.2 Å². The second-order valence-corrected chi connectivity index (χ2v) is 6.81. The number of carbonyl (C=O) groups is 1. The van der Waals surface area contributed by atoms with Gasteiger partial charge in [-0.05, 0) is 43.6 Å². The maximum absolute atomic E-state index is 12.8. The van der Waals surface area contributed by atoms with Crippen LogP contribution in [0.4, 0.5) is 0 Å². The number of hydrogen-bond acceptors (Lipinski definition) is 2. The van der Waals surface area contributed by atoms with Crippen molar-refractivity contribution in [1.82, 2.24) is 10.2 Å². The third-order valence-electron chi connectivity index (χ3n) is 5.47. The van der Waals surface area contributed by atoms with Gasteiger partial charge in [-0.25, -0.2) is 0 Å². The number of rotatable bonds is 3. The first-order valence-electron chi connectivity index (χ1n) is 8.20. The normalized spacial score (nSPS) is 36.4. The molecule has 5 unspecified atom stereocenters. The largest absolute Gasteiger partial charge is 0.323 e. The Hall–Kier alpha value is -1.35. The fourth-order valence-electron chi connectivity index (χ4n) is 3.99. The van der Waals surface area contributed by atoms with Crippen LogP contribution in [0.25, 0.3) is 0 Å². The van der Waals surface area contributed by atoms with Gasteiger partial charge in [0.2, 0.25) is 5.91 Å². The van der Waals surface area contributed by atoms with Crippen LogP contribution < -0.4 is 5.32 Å². The molecule has 3 nitrogen and oxygen atoms in total. The molecular weight excluding hydrogens is 260 g/mol. The summed E-state index contributed by atoms with van der Waals surface area (Å²) < 4.78 is 0. The van der Waals surface area contributed by atoms with E-state index in [1.54, 1.807) is 0 Å². The summed E-state index contributed by atoms with van der Waals surface area (Å²) in [5.74, 6) is 1.62.